The second-order valence-corrected chi connectivity index (χ2v) is 9.97. The van der Waals surface area contributed by atoms with Gasteiger partial charge in [0.15, 0.2) is 6.10 Å². The first-order chi connectivity index (χ1) is 15.3. The first-order valence-electron chi connectivity index (χ1n) is 9.91. The quantitative estimate of drug-likeness (QED) is 0.558. The lowest BCUT2D eigenvalue weighted by molar-refractivity contribution is -0.127. The molecule has 166 valence electrons. The van der Waals surface area contributed by atoms with Gasteiger partial charge < -0.3 is 10.1 Å². The second-order valence-electron chi connectivity index (χ2n) is 7.23. The molecule has 0 radical (unpaired) electrons. The summed E-state index contributed by atoms with van der Waals surface area (Å²) in [5.41, 5.74) is 1.41. The Hall–Kier alpha value is -2.74. The van der Waals surface area contributed by atoms with Gasteiger partial charge in [0.2, 0.25) is 0 Å². The van der Waals surface area contributed by atoms with Crippen LogP contribution in [-0.4, -0.2) is 33.5 Å². The number of benzene rings is 3. The van der Waals surface area contributed by atoms with E-state index in [1.54, 1.807) is 36.4 Å². The summed E-state index contributed by atoms with van der Waals surface area (Å²) in [6.45, 7) is 0.237. The van der Waals surface area contributed by atoms with Crippen molar-refractivity contribution in [1.29, 1.82) is 0 Å². The smallest absolute Gasteiger partial charge is 0.264 e. The number of halogens is 2. The summed E-state index contributed by atoms with van der Waals surface area (Å²) < 4.78 is 33.7. The molecule has 1 amide bonds. The Morgan fingerprint density at radius 1 is 0.969 bits per heavy atom. The van der Waals surface area contributed by atoms with Gasteiger partial charge in [0.25, 0.3) is 15.9 Å². The van der Waals surface area contributed by atoms with Gasteiger partial charge in [-0.1, -0.05) is 47.5 Å². The lowest BCUT2D eigenvalue weighted by atomic mass is 10.1. The van der Waals surface area contributed by atoms with Crippen molar-refractivity contribution in [1.82, 2.24) is 5.32 Å². The number of carbonyl (C=O) groups excluding carboxylic acids is 1. The number of anilines is 1. The van der Waals surface area contributed by atoms with Crippen molar-refractivity contribution < 1.29 is 17.9 Å². The summed E-state index contributed by atoms with van der Waals surface area (Å²) in [5, 5.41) is 3.91. The number of nitrogens with one attached hydrogen (secondary N) is 1. The third kappa shape index (κ3) is 4.85. The van der Waals surface area contributed by atoms with Gasteiger partial charge in [-0.3, -0.25) is 9.10 Å². The van der Waals surface area contributed by atoms with Crippen LogP contribution in [0.5, 0.6) is 5.75 Å². The fraction of sp³-hybridized carbons (Fsp3) is 0.174. The molecule has 0 unspecified atom stereocenters. The number of hydrogen-bond donors (Lipinski definition) is 1. The fourth-order valence-electron chi connectivity index (χ4n) is 3.40. The van der Waals surface area contributed by atoms with Crippen molar-refractivity contribution in [2.75, 3.05) is 17.4 Å². The predicted octanol–water partition coefficient (Wildman–Crippen LogP) is 4.31. The zero-order chi connectivity index (χ0) is 22.7. The number of para-hydroxylation sites is 2. The second kappa shape index (κ2) is 9.40. The van der Waals surface area contributed by atoms with E-state index in [4.69, 9.17) is 27.9 Å². The SMILES string of the molecule is O=C(NCCc1ccc(Cl)cc1)[C@H]1CN(S(=O)(=O)c2ccc(Cl)cc2)c2ccccc2O1. The van der Waals surface area contributed by atoms with Gasteiger partial charge in [-0.05, 0) is 60.5 Å². The van der Waals surface area contributed by atoms with Crippen LogP contribution in [0.15, 0.2) is 77.7 Å². The average Bonchev–Trinajstić information content (AvgIpc) is 2.79. The van der Waals surface area contributed by atoms with Gasteiger partial charge >= 0.3 is 0 Å². The summed E-state index contributed by atoms with van der Waals surface area (Å²) in [5.74, 6) is -0.0566. The molecule has 0 saturated carbocycles. The summed E-state index contributed by atoms with van der Waals surface area (Å²) in [6.07, 6.45) is -0.379. The molecule has 4 rings (SSSR count). The molecule has 0 bridgehead atoms. The van der Waals surface area contributed by atoms with Crippen molar-refractivity contribution in [3.8, 4) is 5.75 Å². The molecule has 1 heterocycles. The van der Waals surface area contributed by atoms with Gasteiger partial charge in [-0.25, -0.2) is 8.42 Å². The Morgan fingerprint density at radius 2 is 1.59 bits per heavy atom. The number of ether oxygens (including phenoxy) is 1. The zero-order valence-electron chi connectivity index (χ0n) is 16.9. The first-order valence-corrected chi connectivity index (χ1v) is 12.1. The normalized spacial score (nSPS) is 15.6. The van der Waals surface area contributed by atoms with E-state index in [9.17, 15) is 13.2 Å². The number of fused-ring (bicyclic) bond motifs is 1. The monoisotopic (exact) mass is 490 g/mol. The summed E-state index contributed by atoms with van der Waals surface area (Å²) in [4.78, 5) is 12.9. The molecule has 1 aliphatic heterocycles. The van der Waals surface area contributed by atoms with Crippen LogP contribution in [-0.2, 0) is 21.2 Å². The number of rotatable bonds is 6. The third-order valence-electron chi connectivity index (χ3n) is 5.06. The van der Waals surface area contributed by atoms with Crippen molar-refractivity contribution in [3.63, 3.8) is 0 Å². The minimum absolute atomic E-state index is 0.0838. The number of amides is 1. The van der Waals surface area contributed by atoms with E-state index in [0.29, 0.717) is 34.4 Å². The Labute approximate surface area is 196 Å². The molecule has 1 aliphatic rings. The van der Waals surface area contributed by atoms with E-state index in [-0.39, 0.29) is 17.3 Å². The zero-order valence-corrected chi connectivity index (χ0v) is 19.2. The van der Waals surface area contributed by atoms with Crippen LogP contribution >= 0.6 is 23.2 Å². The summed E-state index contributed by atoms with van der Waals surface area (Å²) >= 11 is 11.8. The molecule has 3 aromatic carbocycles. The first kappa shape index (κ1) is 22.5. The lowest BCUT2D eigenvalue weighted by Crippen LogP contribution is -2.51. The Kier molecular flexibility index (Phi) is 6.60. The average molecular weight is 491 g/mol. The highest BCUT2D eigenvalue weighted by Crippen LogP contribution is 2.36. The fourth-order valence-corrected chi connectivity index (χ4v) is 5.12. The molecular weight excluding hydrogens is 471 g/mol. The van der Waals surface area contributed by atoms with Crippen LogP contribution in [0, 0.1) is 0 Å². The topological polar surface area (TPSA) is 75.7 Å². The van der Waals surface area contributed by atoms with E-state index in [0.717, 1.165) is 5.56 Å². The summed E-state index contributed by atoms with van der Waals surface area (Å²) in [6, 6.07) is 20.0. The van der Waals surface area contributed by atoms with Crippen molar-refractivity contribution in [2.45, 2.75) is 17.4 Å². The van der Waals surface area contributed by atoms with Gasteiger partial charge in [-0.15, -0.1) is 0 Å². The van der Waals surface area contributed by atoms with E-state index in [1.165, 1.54) is 28.6 Å². The number of nitrogens with zero attached hydrogens (tertiary/aromatic N) is 1. The van der Waals surface area contributed by atoms with Gasteiger partial charge in [0.1, 0.15) is 5.75 Å². The standard InChI is InChI=1S/C23H20Cl2N2O4S/c24-17-7-5-16(6-8-17)13-14-26-23(28)22-15-27(20-3-1-2-4-21(20)31-22)32(29,30)19-11-9-18(25)10-12-19/h1-12,22H,13-15H2,(H,26,28)/t22-/m1/s1. The number of hydrogen-bond acceptors (Lipinski definition) is 4. The van der Waals surface area contributed by atoms with Gasteiger partial charge in [-0.2, -0.15) is 0 Å². The van der Waals surface area contributed by atoms with Crippen LogP contribution < -0.4 is 14.4 Å². The molecule has 0 aliphatic carbocycles. The Bertz CT molecular complexity index is 1220. The summed E-state index contributed by atoms with van der Waals surface area (Å²) in [7, 11) is -3.92. The minimum Gasteiger partial charge on any atom is -0.476 e. The van der Waals surface area contributed by atoms with E-state index in [2.05, 4.69) is 5.32 Å². The lowest BCUT2D eigenvalue weighted by Gasteiger charge is -2.34. The predicted molar refractivity (Wildman–Crippen MR) is 125 cm³/mol. The van der Waals surface area contributed by atoms with E-state index in [1.807, 2.05) is 12.1 Å². The molecule has 0 fully saturated rings. The molecule has 0 saturated heterocycles. The van der Waals surface area contributed by atoms with E-state index < -0.39 is 16.1 Å². The van der Waals surface area contributed by atoms with E-state index >= 15 is 0 Å². The Morgan fingerprint density at radius 3 is 2.28 bits per heavy atom. The van der Waals surface area contributed by atoms with Crippen molar-refractivity contribution in [2.24, 2.45) is 0 Å². The van der Waals surface area contributed by atoms with Crippen molar-refractivity contribution in [3.05, 3.63) is 88.4 Å². The third-order valence-corrected chi connectivity index (χ3v) is 7.35. The number of carbonyl (C=O) groups is 1. The van der Waals surface area contributed by atoms with Crippen LogP contribution in [0.4, 0.5) is 5.69 Å². The minimum atomic E-state index is -3.92. The highest BCUT2D eigenvalue weighted by molar-refractivity contribution is 7.92. The van der Waals surface area contributed by atoms with Crippen LogP contribution in [0.3, 0.4) is 0 Å². The molecule has 1 N–H and O–H groups in total. The van der Waals surface area contributed by atoms with Gasteiger partial charge in [0.05, 0.1) is 17.1 Å². The van der Waals surface area contributed by atoms with Crippen molar-refractivity contribution >= 4 is 44.8 Å². The molecule has 9 heteroatoms. The van der Waals surface area contributed by atoms with Crippen LogP contribution in [0.1, 0.15) is 5.56 Å². The molecule has 0 aromatic heterocycles. The van der Waals surface area contributed by atoms with Gasteiger partial charge in [0, 0.05) is 16.6 Å². The highest BCUT2D eigenvalue weighted by atomic mass is 35.5. The maximum atomic E-state index is 13.3. The molecule has 6 nitrogen and oxygen atoms in total. The molecule has 1 atom stereocenters. The van der Waals surface area contributed by atoms with Crippen LogP contribution in [0.2, 0.25) is 10.0 Å². The maximum absolute atomic E-state index is 13.3. The molecule has 32 heavy (non-hydrogen) atoms. The highest BCUT2D eigenvalue weighted by Gasteiger charge is 2.37. The van der Waals surface area contributed by atoms with Crippen LogP contribution in [0.25, 0.3) is 0 Å². The number of sulfonamides is 1. The Balaban J connectivity index is 1.52. The molecular formula is C23H20Cl2N2O4S. The molecule has 3 aromatic rings. The molecule has 0 spiro atoms. The largest absolute Gasteiger partial charge is 0.476 e. The maximum Gasteiger partial charge on any atom is 0.264 e.